The van der Waals surface area contributed by atoms with E-state index in [0.29, 0.717) is 5.92 Å². The summed E-state index contributed by atoms with van der Waals surface area (Å²) in [5.74, 6) is 0.461. The summed E-state index contributed by atoms with van der Waals surface area (Å²) in [5.41, 5.74) is 3.90. The van der Waals surface area contributed by atoms with Crippen molar-refractivity contribution in [2.45, 2.75) is 34.6 Å². The molecule has 0 bridgehead atoms. The van der Waals surface area contributed by atoms with Crippen LogP contribution in [0.3, 0.4) is 0 Å². The largest absolute Gasteiger partial charge is 0.0961 e. The van der Waals surface area contributed by atoms with Crippen LogP contribution in [0.5, 0.6) is 0 Å². The maximum Gasteiger partial charge on any atom is -0.0225 e. The molecular weight excluding hydrogens is 216 g/mol. The zero-order chi connectivity index (χ0) is 14.7. The molecule has 0 N–H and O–H groups in total. The van der Waals surface area contributed by atoms with Gasteiger partial charge in [0.1, 0.15) is 0 Å². The molecular formula is C18H28. The molecule has 0 heterocycles. The minimum absolute atomic E-state index is 0.461. The van der Waals surface area contributed by atoms with Crippen molar-refractivity contribution >= 4 is 0 Å². The highest BCUT2D eigenvalue weighted by molar-refractivity contribution is 5.45. The van der Waals surface area contributed by atoms with E-state index in [4.69, 9.17) is 0 Å². The lowest BCUT2D eigenvalue weighted by Crippen LogP contribution is -1.88. The quantitative estimate of drug-likeness (QED) is 0.501. The van der Waals surface area contributed by atoms with Gasteiger partial charge in [-0.25, -0.2) is 0 Å². The Morgan fingerprint density at radius 1 is 0.778 bits per heavy atom. The van der Waals surface area contributed by atoms with Gasteiger partial charge in [0, 0.05) is 0 Å². The van der Waals surface area contributed by atoms with Crippen LogP contribution in [0.25, 0.3) is 0 Å². The topological polar surface area (TPSA) is 0 Å². The highest BCUT2D eigenvalue weighted by atomic mass is 14.0. The molecule has 18 heavy (non-hydrogen) atoms. The van der Waals surface area contributed by atoms with Crippen LogP contribution in [0, 0.1) is 5.92 Å². The molecule has 0 aromatic heterocycles. The summed E-state index contributed by atoms with van der Waals surface area (Å²) >= 11 is 0. The molecule has 0 aliphatic carbocycles. The van der Waals surface area contributed by atoms with Crippen molar-refractivity contribution < 1.29 is 0 Å². The number of rotatable bonds is 6. The van der Waals surface area contributed by atoms with E-state index in [9.17, 15) is 0 Å². The molecule has 100 valence electrons. The van der Waals surface area contributed by atoms with Gasteiger partial charge in [-0.1, -0.05) is 89.5 Å². The lowest BCUT2D eigenvalue weighted by Gasteiger charge is -2.04. The second kappa shape index (κ2) is 10.6. The molecule has 0 saturated carbocycles. The zero-order valence-corrected chi connectivity index (χ0v) is 12.7. The van der Waals surface area contributed by atoms with Crippen LogP contribution in [0.2, 0.25) is 0 Å². The predicted molar refractivity (Wildman–Crippen MR) is 86.7 cm³/mol. The lowest BCUT2D eigenvalue weighted by molar-refractivity contribution is 0.795. The van der Waals surface area contributed by atoms with Crippen molar-refractivity contribution in [3.63, 3.8) is 0 Å². The minimum atomic E-state index is 0.461. The summed E-state index contributed by atoms with van der Waals surface area (Å²) < 4.78 is 0. The fourth-order valence-electron chi connectivity index (χ4n) is 0.857. The first-order chi connectivity index (χ1) is 8.34. The van der Waals surface area contributed by atoms with Gasteiger partial charge in [-0.05, 0) is 24.0 Å². The molecule has 0 saturated heterocycles. The van der Waals surface area contributed by atoms with Gasteiger partial charge in [0.2, 0.25) is 0 Å². The molecule has 0 heteroatoms. The molecule has 0 aromatic rings. The van der Waals surface area contributed by atoms with Gasteiger partial charge < -0.3 is 0 Å². The van der Waals surface area contributed by atoms with E-state index in [1.807, 2.05) is 45.1 Å². The summed E-state index contributed by atoms with van der Waals surface area (Å²) in [6, 6.07) is 0. The monoisotopic (exact) mass is 244 g/mol. The second-order valence-corrected chi connectivity index (χ2v) is 4.29. The fourth-order valence-corrected chi connectivity index (χ4v) is 0.857. The maximum absolute atomic E-state index is 3.97. The molecule has 0 spiro atoms. The van der Waals surface area contributed by atoms with Crippen molar-refractivity contribution in [2.75, 3.05) is 0 Å². The average Bonchev–Trinajstić information content (AvgIpc) is 2.34. The second-order valence-electron chi connectivity index (χ2n) is 4.29. The third-order valence-corrected chi connectivity index (χ3v) is 2.22. The van der Waals surface area contributed by atoms with E-state index in [0.717, 1.165) is 22.3 Å². The van der Waals surface area contributed by atoms with E-state index in [2.05, 4.69) is 40.2 Å². The fraction of sp³-hybridized carbons (Fsp3) is 0.333. The highest BCUT2D eigenvalue weighted by Crippen LogP contribution is 2.13. The minimum Gasteiger partial charge on any atom is -0.0961 e. The Bertz CT molecular complexity index is 359. The summed E-state index contributed by atoms with van der Waals surface area (Å²) in [4.78, 5) is 0. The SMILES string of the molecule is C=C(C)/C=C\C(=C)C(=C)/C=C\C(=C)C(C)C.CC. The number of hydrogen-bond donors (Lipinski definition) is 0. The normalized spacial score (nSPS) is 10.3. The van der Waals surface area contributed by atoms with Crippen LogP contribution in [-0.2, 0) is 0 Å². The molecule has 0 rings (SSSR count). The van der Waals surface area contributed by atoms with E-state index < -0.39 is 0 Å². The molecule has 0 aromatic carbocycles. The van der Waals surface area contributed by atoms with E-state index in [1.165, 1.54) is 0 Å². The van der Waals surface area contributed by atoms with Crippen molar-refractivity contribution in [3.8, 4) is 0 Å². The van der Waals surface area contributed by atoms with Crippen LogP contribution in [-0.4, -0.2) is 0 Å². The Balaban J connectivity index is 0. The van der Waals surface area contributed by atoms with E-state index >= 15 is 0 Å². The van der Waals surface area contributed by atoms with Crippen LogP contribution in [0.15, 0.2) is 72.9 Å². The Morgan fingerprint density at radius 2 is 1.17 bits per heavy atom. The van der Waals surface area contributed by atoms with Gasteiger partial charge >= 0.3 is 0 Å². The van der Waals surface area contributed by atoms with Gasteiger partial charge in [0.05, 0.1) is 0 Å². The first-order valence-corrected chi connectivity index (χ1v) is 6.43. The highest BCUT2D eigenvalue weighted by Gasteiger charge is 1.96. The van der Waals surface area contributed by atoms with Gasteiger partial charge in [-0.2, -0.15) is 0 Å². The molecule has 0 aliphatic heterocycles. The van der Waals surface area contributed by atoms with Crippen LogP contribution in [0.1, 0.15) is 34.6 Å². The molecule has 0 aliphatic rings. The van der Waals surface area contributed by atoms with E-state index in [1.54, 1.807) is 0 Å². The van der Waals surface area contributed by atoms with Gasteiger partial charge in [0.25, 0.3) is 0 Å². The average molecular weight is 244 g/mol. The van der Waals surface area contributed by atoms with Gasteiger partial charge in [-0.3, -0.25) is 0 Å². The van der Waals surface area contributed by atoms with Crippen molar-refractivity contribution in [1.29, 1.82) is 0 Å². The predicted octanol–water partition coefficient (Wildman–Crippen LogP) is 6.03. The van der Waals surface area contributed by atoms with Gasteiger partial charge in [0.15, 0.2) is 0 Å². The first-order valence-electron chi connectivity index (χ1n) is 6.43. The van der Waals surface area contributed by atoms with Crippen molar-refractivity contribution in [3.05, 3.63) is 72.9 Å². The summed E-state index contributed by atoms with van der Waals surface area (Å²) in [6.07, 6.45) is 7.80. The zero-order valence-electron chi connectivity index (χ0n) is 12.7. The van der Waals surface area contributed by atoms with Crippen molar-refractivity contribution in [1.82, 2.24) is 0 Å². The lowest BCUT2D eigenvalue weighted by atomic mass is 10.0. The Hall–Kier alpha value is -1.56. The molecule has 0 fully saturated rings. The standard InChI is InChI=1S/C16H22.C2H6/c1-12(2)8-9-15(6)16(7)11-10-14(5)13(3)4;1-2/h8-11,13H,1,5-7H2,2-4H3;1-2H3/b9-8-,11-10-;. The van der Waals surface area contributed by atoms with Gasteiger partial charge in [-0.15, -0.1) is 0 Å². The number of allylic oxidation sites excluding steroid dienone is 8. The Labute approximate surface area is 114 Å². The third-order valence-electron chi connectivity index (χ3n) is 2.22. The summed E-state index contributed by atoms with van der Waals surface area (Å²) in [7, 11) is 0. The Kier molecular flexibility index (Phi) is 11.1. The molecule has 0 unspecified atom stereocenters. The molecule has 0 nitrogen and oxygen atoms in total. The number of hydrogen-bond acceptors (Lipinski definition) is 0. The third kappa shape index (κ3) is 9.65. The van der Waals surface area contributed by atoms with Crippen LogP contribution >= 0.6 is 0 Å². The molecule has 0 atom stereocenters. The molecule has 0 radical (unpaired) electrons. The van der Waals surface area contributed by atoms with Crippen LogP contribution < -0.4 is 0 Å². The molecule has 0 amide bonds. The smallest absolute Gasteiger partial charge is 0.0225 e. The van der Waals surface area contributed by atoms with E-state index in [-0.39, 0.29) is 0 Å². The van der Waals surface area contributed by atoms with Crippen molar-refractivity contribution in [2.24, 2.45) is 5.92 Å². The maximum atomic E-state index is 3.97. The summed E-state index contributed by atoms with van der Waals surface area (Å²) in [5, 5.41) is 0. The first kappa shape index (κ1) is 18.8. The Morgan fingerprint density at radius 3 is 1.50 bits per heavy atom. The summed E-state index contributed by atoms with van der Waals surface area (Å²) in [6.45, 7) is 25.8. The van der Waals surface area contributed by atoms with Crippen LogP contribution in [0.4, 0.5) is 0 Å².